The van der Waals surface area contributed by atoms with Crippen LogP contribution in [-0.4, -0.2) is 26.8 Å². The number of nitrogens with zero attached hydrogens (tertiary/aromatic N) is 2. The Labute approximate surface area is 194 Å². The zero-order valence-electron chi connectivity index (χ0n) is 16.5. The molecule has 4 rings (SSSR count). The van der Waals surface area contributed by atoms with Crippen LogP contribution >= 0.6 is 22.9 Å². The average Bonchev–Trinajstić information content (AvgIpc) is 3.27. The highest BCUT2D eigenvalue weighted by atomic mass is 35.5. The van der Waals surface area contributed by atoms with Crippen molar-refractivity contribution in [2.45, 2.75) is 6.61 Å². The van der Waals surface area contributed by atoms with Crippen LogP contribution in [-0.2, 0) is 11.3 Å². The topological polar surface area (TPSA) is 144 Å². The normalized spacial score (nSPS) is 10.7. The van der Waals surface area contributed by atoms with Gasteiger partial charge in [-0.25, -0.2) is 9.78 Å². The third-order valence-electron chi connectivity index (χ3n) is 4.51. The summed E-state index contributed by atoms with van der Waals surface area (Å²) in [5.41, 5.74) is 0.125. The van der Waals surface area contributed by atoms with Crippen molar-refractivity contribution in [2.24, 2.45) is 0 Å². The van der Waals surface area contributed by atoms with Crippen LogP contribution in [0.2, 0.25) is 5.02 Å². The molecule has 0 spiro atoms. The molecule has 4 aromatic rings. The summed E-state index contributed by atoms with van der Waals surface area (Å²) in [5, 5.41) is 15.0. The van der Waals surface area contributed by atoms with Crippen LogP contribution in [0.25, 0.3) is 10.2 Å². The summed E-state index contributed by atoms with van der Waals surface area (Å²) in [7, 11) is 0. The van der Waals surface area contributed by atoms with Gasteiger partial charge in [-0.1, -0.05) is 23.7 Å². The Balaban J connectivity index is 1.50. The molecule has 1 amide bonds. The number of nitro groups is 1. The lowest BCUT2D eigenvalue weighted by Gasteiger charge is -2.11. The molecule has 0 unspecified atom stereocenters. The van der Waals surface area contributed by atoms with Crippen molar-refractivity contribution in [3.8, 4) is 0 Å². The predicted octanol–water partition coefficient (Wildman–Crippen LogP) is 4.16. The number of aromatic amines is 1. The van der Waals surface area contributed by atoms with E-state index in [1.807, 2.05) is 0 Å². The highest BCUT2D eigenvalue weighted by Crippen LogP contribution is 2.24. The predicted molar refractivity (Wildman–Crippen MR) is 122 cm³/mol. The molecule has 10 nitrogen and oxygen atoms in total. The Morgan fingerprint density at radius 3 is 2.73 bits per heavy atom. The monoisotopic (exact) mass is 484 g/mol. The molecule has 0 aliphatic carbocycles. The van der Waals surface area contributed by atoms with E-state index in [0.717, 1.165) is 12.1 Å². The minimum absolute atomic E-state index is 0.00345. The lowest BCUT2D eigenvalue weighted by Crippen LogP contribution is -2.17. The number of carbonyl (C=O) groups is 2. The number of halogens is 1. The van der Waals surface area contributed by atoms with E-state index in [1.54, 1.807) is 23.6 Å². The van der Waals surface area contributed by atoms with Gasteiger partial charge in [0, 0.05) is 12.1 Å². The van der Waals surface area contributed by atoms with E-state index in [-0.39, 0.29) is 45.5 Å². The minimum atomic E-state index is -0.756. The van der Waals surface area contributed by atoms with E-state index in [1.165, 1.54) is 29.5 Å². The molecule has 0 aliphatic heterocycles. The Morgan fingerprint density at radius 2 is 1.97 bits per heavy atom. The fraction of sp³-hybridized carbons (Fsp3) is 0.0476. The van der Waals surface area contributed by atoms with Gasteiger partial charge in [0.15, 0.2) is 0 Å². The number of hydrogen-bond acceptors (Lipinski definition) is 8. The van der Waals surface area contributed by atoms with Gasteiger partial charge in [-0.2, -0.15) is 0 Å². The summed E-state index contributed by atoms with van der Waals surface area (Å²) in [6.45, 7) is -0.281. The number of carbonyl (C=O) groups excluding carboxylic acids is 2. The zero-order chi connectivity index (χ0) is 23.5. The molecule has 2 aromatic heterocycles. The van der Waals surface area contributed by atoms with Gasteiger partial charge in [-0.05, 0) is 29.6 Å². The zero-order valence-corrected chi connectivity index (χ0v) is 18.1. The second-order valence-electron chi connectivity index (χ2n) is 6.64. The molecule has 0 fully saturated rings. The number of amides is 1. The largest absolute Gasteiger partial charge is 0.454 e. The molecule has 2 heterocycles. The molecule has 12 heteroatoms. The van der Waals surface area contributed by atoms with Crippen molar-refractivity contribution in [3.63, 3.8) is 0 Å². The van der Waals surface area contributed by atoms with Crippen LogP contribution in [0, 0.1) is 10.1 Å². The molecule has 0 bridgehead atoms. The number of esters is 1. The van der Waals surface area contributed by atoms with Crippen molar-refractivity contribution in [3.05, 3.63) is 96.4 Å². The molecule has 0 atom stereocenters. The first kappa shape index (κ1) is 22.1. The van der Waals surface area contributed by atoms with Crippen molar-refractivity contribution in [1.29, 1.82) is 0 Å². The number of non-ortho nitro benzene ring substituents is 1. The van der Waals surface area contributed by atoms with E-state index in [0.29, 0.717) is 10.2 Å². The number of rotatable bonds is 6. The maximum absolute atomic E-state index is 12.6. The van der Waals surface area contributed by atoms with Gasteiger partial charge in [0.25, 0.3) is 17.2 Å². The summed E-state index contributed by atoms with van der Waals surface area (Å²) in [5.74, 6) is -1.24. The maximum atomic E-state index is 12.6. The van der Waals surface area contributed by atoms with Gasteiger partial charge in [0.05, 0.1) is 32.3 Å². The quantitative estimate of drug-likeness (QED) is 0.237. The lowest BCUT2D eigenvalue weighted by molar-refractivity contribution is -0.384. The second kappa shape index (κ2) is 9.18. The Kier molecular flexibility index (Phi) is 6.16. The van der Waals surface area contributed by atoms with Crippen LogP contribution in [0.15, 0.2) is 58.7 Å². The van der Waals surface area contributed by atoms with Gasteiger partial charge >= 0.3 is 5.97 Å². The van der Waals surface area contributed by atoms with Gasteiger partial charge in [-0.15, -0.1) is 11.3 Å². The van der Waals surface area contributed by atoms with Gasteiger partial charge < -0.3 is 15.0 Å². The number of ether oxygens (including phenoxy) is 1. The molecule has 0 radical (unpaired) electrons. The third-order valence-corrected chi connectivity index (χ3v) is 5.72. The molecule has 0 saturated carbocycles. The molecule has 166 valence electrons. The first-order valence-electron chi connectivity index (χ1n) is 9.31. The van der Waals surface area contributed by atoms with E-state index in [4.69, 9.17) is 16.3 Å². The summed E-state index contributed by atoms with van der Waals surface area (Å²) in [4.78, 5) is 54.4. The fourth-order valence-corrected chi connectivity index (χ4v) is 3.95. The molecular weight excluding hydrogens is 472 g/mol. The molecule has 0 aliphatic rings. The van der Waals surface area contributed by atoms with Gasteiger partial charge in [-0.3, -0.25) is 19.7 Å². The van der Waals surface area contributed by atoms with E-state index >= 15 is 0 Å². The molecule has 2 aromatic carbocycles. The SMILES string of the molecule is O=C(Nc1ccccc1C(=O)OCc1nc2ccsc2c(=O)[nH]1)c1ccc([N+](=O)[O-])cc1Cl. The number of fused-ring (bicyclic) bond motifs is 1. The smallest absolute Gasteiger partial charge is 0.340 e. The Morgan fingerprint density at radius 1 is 1.18 bits per heavy atom. The maximum Gasteiger partial charge on any atom is 0.340 e. The molecule has 2 N–H and O–H groups in total. The van der Waals surface area contributed by atoms with E-state index < -0.39 is 16.8 Å². The van der Waals surface area contributed by atoms with Crippen LogP contribution in [0.5, 0.6) is 0 Å². The highest BCUT2D eigenvalue weighted by Gasteiger charge is 2.19. The Bertz CT molecular complexity index is 1460. The third kappa shape index (κ3) is 4.73. The summed E-state index contributed by atoms with van der Waals surface area (Å²) in [6.07, 6.45) is 0. The second-order valence-corrected chi connectivity index (χ2v) is 7.97. The first-order valence-corrected chi connectivity index (χ1v) is 10.6. The van der Waals surface area contributed by atoms with Gasteiger partial charge in [0.2, 0.25) is 0 Å². The van der Waals surface area contributed by atoms with Gasteiger partial charge in [0.1, 0.15) is 17.1 Å². The van der Waals surface area contributed by atoms with Crippen LogP contribution in [0.3, 0.4) is 0 Å². The molecular formula is C21H13ClN4O6S. The molecule has 33 heavy (non-hydrogen) atoms. The lowest BCUT2D eigenvalue weighted by atomic mass is 10.1. The number of aromatic nitrogens is 2. The van der Waals surface area contributed by atoms with Crippen LogP contribution < -0.4 is 10.9 Å². The van der Waals surface area contributed by atoms with Crippen LogP contribution in [0.4, 0.5) is 11.4 Å². The van der Waals surface area contributed by atoms with Crippen molar-refractivity contribution < 1.29 is 19.2 Å². The minimum Gasteiger partial charge on any atom is -0.454 e. The summed E-state index contributed by atoms with van der Waals surface area (Å²) >= 11 is 7.26. The number of anilines is 1. The average molecular weight is 485 g/mol. The van der Waals surface area contributed by atoms with Crippen molar-refractivity contribution in [2.75, 3.05) is 5.32 Å². The summed E-state index contributed by atoms with van der Waals surface area (Å²) < 4.78 is 5.74. The number of H-pyrrole nitrogens is 1. The fourth-order valence-electron chi connectivity index (χ4n) is 2.96. The van der Waals surface area contributed by atoms with Crippen LogP contribution in [0.1, 0.15) is 26.5 Å². The Hall–Kier alpha value is -4.09. The number of para-hydroxylation sites is 1. The number of nitro benzene ring substituents is 1. The van der Waals surface area contributed by atoms with Crippen molar-refractivity contribution in [1.82, 2.24) is 9.97 Å². The summed E-state index contributed by atoms with van der Waals surface area (Å²) in [6, 6.07) is 11.3. The number of thiophene rings is 1. The number of benzene rings is 2. The first-order chi connectivity index (χ1) is 15.8. The standard InChI is InChI=1S/C21H13ClN4O6S/c22-14-9-11(26(30)31)5-6-12(14)19(27)24-15-4-2-1-3-13(15)21(29)32-10-17-23-16-7-8-33-18(16)20(28)25-17/h1-9H,10H2,(H,24,27)(H,23,25,28). The van der Waals surface area contributed by atoms with E-state index in [2.05, 4.69) is 15.3 Å². The van der Waals surface area contributed by atoms with E-state index in [9.17, 15) is 24.5 Å². The van der Waals surface area contributed by atoms with Crippen molar-refractivity contribution >= 4 is 56.4 Å². The number of hydrogen-bond donors (Lipinski definition) is 2. The molecule has 0 saturated heterocycles. The number of nitrogens with one attached hydrogen (secondary N) is 2. The highest BCUT2D eigenvalue weighted by molar-refractivity contribution is 7.17.